The van der Waals surface area contributed by atoms with E-state index in [1.165, 1.54) is 32.1 Å². The van der Waals surface area contributed by atoms with Crippen molar-refractivity contribution < 1.29 is 59.8 Å². The second kappa shape index (κ2) is 16.5. The number of unbranched alkanes of at least 4 members (excludes halogenated alkanes) is 7. The summed E-state index contributed by atoms with van der Waals surface area (Å²) in [6.07, 6.45) is -6.35. The van der Waals surface area contributed by atoms with E-state index in [0.717, 1.165) is 19.3 Å². The van der Waals surface area contributed by atoms with Crippen LogP contribution in [-0.4, -0.2) is 128 Å². The third-order valence-corrected chi connectivity index (χ3v) is 6.77. The van der Waals surface area contributed by atoms with E-state index in [0.29, 0.717) is 6.42 Å². The van der Waals surface area contributed by atoms with E-state index in [1.54, 1.807) is 0 Å². The Labute approximate surface area is 212 Å². The van der Waals surface area contributed by atoms with Crippen LogP contribution in [0.4, 0.5) is 0 Å². The fraction of sp³-hybridized carbons (Fsp3) is 1.00. The maximum atomic E-state index is 10.3. The lowest BCUT2D eigenvalue weighted by Crippen LogP contribution is -2.63. The van der Waals surface area contributed by atoms with Gasteiger partial charge in [-0.1, -0.05) is 58.3 Å². The van der Waals surface area contributed by atoms with Crippen LogP contribution in [0.25, 0.3) is 0 Å². The molecule has 0 amide bonds. The highest BCUT2D eigenvalue weighted by Crippen LogP contribution is 2.28. The average molecular weight is 527 g/mol. The van der Waals surface area contributed by atoms with Gasteiger partial charge in [-0.3, -0.25) is 0 Å². The largest absolute Gasteiger partial charge is 0.394 e. The fourth-order valence-corrected chi connectivity index (χ4v) is 4.40. The second-order valence-corrected chi connectivity index (χ2v) is 9.80. The molecule has 11 atom stereocenters. The van der Waals surface area contributed by atoms with Gasteiger partial charge in [0.05, 0.1) is 25.9 Å². The number of ether oxygens (including phenoxy) is 4. The fourth-order valence-electron chi connectivity index (χ4n) is 4.40. The molecule has 0 aromatic heterocycles. The highest BCUT2D eigenvalue weighted by molar-refractivity contribution is 4.92. The van der Waals surface area contributed by atoms with Gasteiger partial charge in [0.1, 0.15) is 48.8 Å². The van der Waals surface area contributed by atoms with Gasteiger partial charge in [0, 0.05) is 0 Å². The van der Waals surface area contributed by atoms with E-state index < -0.39 is 74.1 Å². The van der Waals surface area contributed by atoms with E-state index in [2.05, 4.69) is 6.92 Å². The Kier molecular flexibility index (Phi) is 14.5. The molecule has 0 aromatic rings. The van der Waals surface area contributed by atoms with Gasteiger partial charge in [-0.15, -0.1) is 0 Å². The lowest BCUT2D eigenvalue weighted by molar-refractivity contribution is -0.377. The lowest BCUT2D eigenvalue weighted by atomic mass is 9.98. The minimum absolute atomic E-state index is 0.0000361. The average Bonchev–Trinajstić information content (AvgIpc) is 2.87. The minimum atomic E-state index is -1.73. The topological polar surface area (TPSA) is 199 Å². The summed E-state index contributed by atoms with van der Waals surface area (Å²) in [5.74, 6) is 0. The highest BCUT2D eigenvalue weighted by atomic mass is 16.8. The Morgan fingerprint density at radius 3 is 1.72 bits per heavy atom. The molecular weight excluding hydrogens is 480 g/mol. The van der Waals surface area contributed by atoms with Gasteiger partial charge >= 0.3 is 0 Å². The molecule has 2 aliphatic rings. The van der Waals surface area contributed by atoms with Gasteiger partial charge in [0.15, 0.2) is 12.6 Å². The third-order valence-electron chi connectivity index (χ3n) is 6.77. The summed E-state index contributed by atoms with van der Waals surface area (Å²) < 4.78 is 21.6. The number of rotatable bonds is 16. The molecule has 12 heteroatoms. The standard InChI is InChI=1S/C24H46O12/c1-2-3-4-5-6-7-8-9-10-14(26)12-33-13-16-18(28)20(30)22(32)24(35-16)36-23-21(31)19(29)17(27)15(11-25)34-23/h14-32H,2-13H2,1H3/t14?,15-,16-,17-,18-,19+,20+,21-,22-,23-,24-/m1/s1. The van der Waals surface area contributed by atoms with Gasteiger partial charge < -0.3 is 59.8 Å². The van der Waals surface area contributed by atoms with Crippen molar-refractivity contribution in [1.29, 1.82) is 0 Å². The van der Waals surface area contributed by atoms with Crippen molar-refractivity contribution in [2.75, 3.05) is 19.8 Å². The second-order valence-electron chi connectivity index (χ2n) is 9.80. The summed E-state index contributed by atoms with van der Waals surface area (Å²) in [4.78, 5) is 0. The number of hydrogen-bond donors (Lipinski definition) is 8. The number of aliphatic hydroxyl groups is 8. The SMILES string of the molecule is CCCCCCCCCCC(O)COC[C@H]1O[C@H](O[C@H]2O[C@H](CO)[C@@H](O)[C@H](O)[C@H]2O)[C@H](O)[C@@H](O)[C@@H]1O. The number of aliphatic hydroxyl groups excluding tert-OH is 8. The van der Waals surface area contributed by atoms with Crippen LogP contribution in [0.2, 0.25) is 0 Å². The molecule has 12 nitrogen and oxygen atoms in total. The molecule has 0 aromatic carbocycles. The molecule has 0 saturated carbocycles. The summed E-state index contributed by atoms with van der Waals surface area (Å²) in [5, 5.41) is 80.1. The maximum Gasteiger partial charge on any atom is 0.189 e. The van der Waals surface area contributed by atoms with E-state index in [-0.39, 0.29) is 13.2 Å². The Hall–Kier alpha value is -0.480. The summed E-state index contributed by atoms with van der Waals surface area (Å²) in [6.45, 7) is 1.30. The van der Waals surface area contributed by atoms with Crippen molar-refractivity contribution in [2.24, 2.45) is 0 Å². The quantitative estimate of drug-likeness (QED) is 0.109. The first kappa shape index (κ1) is 31.7. The molecule has 214 valence electrons. The third kappa shape index (κ3) is 9.37. The van der Waals surface area contributed by atoms with Crippen LogP contribution in [0.15, 0.2) is 0 Å². The molecule has 1 unspecified atom stereocenters. The molecule has 8 N–H and O–H groups in total. The first-order chi connectivity index (χ1) is 17.2. The van der Waals surface area contributed by atoms with Gasteiger partial charge in [0.25, 0.3) is 0 Å². The zero-order valence-electron chi connectivity index (χ0n) is 21.0. The van der Waals surface area contributed by atoms with Crippen LogP contribution in [0.1, 0.15) is 64.7 Å². The normalized spacial score (nSPS) is 38.2. The highest BCUT2D eigenvalue weighted by Gasteiger charge is 2.49. The lowest BCUT2D eigenvalue weighted by Gasteiger charge is -2.44. The van der Waals surface area contributed by atoms with E-state index in [1.807, 2.05) is 0 Å². The van der Waals surface area contributed by atoms with E-state index in [4.69, 9.17) is 18.9 Å². The van der Waals surface area contributed by atoms with Crippen molar-refractivity contribution in [2.45, 2.75) is 132 Å². The zero-order valence-corrected chi connectivity index (χ0v) is 21.0. The summed E-state index contributed by atoms with van der Waals surface area (Å²) in [7, 11) is 0. The van der Waals surface area contributed by atoms with Crippen LogP contribution < -0.4 is 0 Å². The van der Waals surface area contributed by atoms with Crippen LogP contribution in [0, 0.1) is 0 Å². The van der Waals surface area contributed by atoms with Gasteiger partial charge in [-0.05, 0) is 6.42 Å². The van der Waals surface area contributed by atoms with Crippen LogP contribution in [0.5, 0.6) is 0 Å². The first-order valence-electron chi connectivity index (χ1n) is 13.1. The van der Waals surface area contributed by atoms with Gasteiger partial charge in [0.2, 0.25) is 0 Å². The monoisotopic (exact) mass is 526 g/mol. The maximum absolute atomic E-state index is 10.3. The predicted molar refractivity (Wildman–Crippen MR) is 126 cm³/mol. The molecule has 0 bridgehead atoms. The summed E-state index contributed by atoms with van der Waals surface area (Å²) in [6, 6.07) is 0. The van der Waals surface area contributed by atoms with Crippen molar-refractivity contribution in [3.63, 3.8) is 0 Å². The molecule has 0 spiro atoms. The Morgan fingerprint density at radius 1 is 0.667 bits per heavy atom. The van der Waals surface area contributed by atoms with Crippen molar-refractivity contribution in [1.82, 2.24) is 0 Å². The molecule has 0 aliphatic carbocycles. The first-order valence-corrected chi connectivity index (χ1v) is 13.1. The van der Waals surface area contributed by atoms with Crippen molar-refractivity contribution in [3.05, 3.63) is 0 Å². The molecule has 2 fully saturated rings. The van der Waals surface area contributed by atoms with Crippen LogP contribution in [0.3, 0.4) is 0 Å². The minimum Gasteiger partial charge on any atom is -0.394 e. The van der Waals surface area contributed by atoms with E-state index in [9.17, 15) is 40.9 Å². The molecular formula is C24H46O12. The summed E-state index contributed by atoms with van der Waals surface area (Å²) in [5.41, 5.74) is 0. The molecule has 0 radical (unpaired) electrons. The number of hydrogen-bond acceptors (Lipinski definition) is 12. The Balaban J connectivity index is 1.75. The molecule has 2 aliphatic heterocycles. The smallest absolute Gasteiger partial charge is 0.189 e. The molecule has 2 saturated heterocycles. The van der Waals surface area contributed by atoms with Crippen LogP contribution >= 0.6 is 0 Å². The Morgan fingerprint density at radius 2 is 1.17 bits per heavy atom. The van der Waals surface area contributed by atoms with Crippen LogP contribution in [-0.2, 0) is 18.9 Å². The predicted octanol–water partition coefficient (Wildman–Crippen LogP) is -1.48. The van der Waals surface area contributed by atoms with Gasteiger partial charge in [-0.2, -0.15) is 0 Å². The Bertz CT molecular complexity index is 581. The van der Waals surface area contributed by atoms with Crippen molar-refractivity contribution >= 4 is 0 Å². The zero-order chi connectivity index (χ0) is 26.7. The van der Waals surface area contributed by atoms with Gasteiger partial charge in [-0.25, -0.2) is 0 Å². The van der Waals surface area contributed by atoms with Crippen molar-refractivity contribution in [3.8, 4) is 0 Å². The van der Waals surface area contributed by atoms with E-state index >= 15 is 0 Å². The molecule has 36 heavy (non-hydrogen) atoms. The molecule has 2 heterocycles. The molecule has 2 rings (SSSR count). The summed E-state index contributed by atoms with van der Waals surface area (Å²) >= 11 is 0.